The first kappa shape index (κ1) is 22.6. The first-order valence-corrected chi connectivity index (χ1v) is 11.8. The van der Waals surface area contributed by atoms with Gasteiger partial charge in [-0.3, -0.25) is 10.2 Å². The Labute approximate surface area is 207 Å². The molecular formula is C27H22N4O3S. The fraction of sp³-hybridized carbons (Fsp3) is 0.111. The molecule has 7 nitrogen and oxygen atoms in total. The Hall–Kier alpha value is -4.17. The standard InChI is InChI=1S/C27H22N4O3S/c1-17-8-11-20(12-9-17)26-30-31-24(28)21(25(32)29-27(31)35-26)14-19-10-13-22(23(15-19)33-2)34-16-18-6-4-3-5-7-18/h3-15,28H,16H2,1-2H3/b21-14+,28-24?. The number of ether oxygens (including phenoxy) is 2. The number of methoxy groups -OCH3 is 1. The van der Waals surface area contributed by atoms with Gasteiger partial charge in [0, 0.05) is 5.56 Å². The van der Waals surface area contributed by atoms with Crippen LogP contribution >= 0.6 is 11.8 Å². The van der Waals surface area contributed by atoms with Crippen molar-refractivity contribution in [2.45, 2.75) is 13.5 Å². The zero-order valence-corrected chi connectivity index (χ0v) is 20.0. The van der Waals surface area contributed by atoms with Crippen molar-refractivity contribution in [3.05, 3.63) is 101 Å². The highest BCUT2D eigenvalue weighted by molar-refractivity contribution is 8.27. The normalized spacial score (nSPS) is 16.2. The number of thioether (sulfide) groups is 1. The smallest absolute Gasteiger partial charge is 0.283 e. The van der Waals surface area contributed by atoms with E-state index in [1.165, 1.54) is 16.8 Å². The third kappa shape index (κ3) is 4.74. The van der Waals surface area contributed by atoms with Crippen molar-refractivity contribution in [3.8, 4) is 11.5 Å². The van der Waals surface area contributed by atoms with E-state index >= 15 is 0 Å². The van der Waals surface area contributed by atoms with Gasteiger partial charge in [-0.15, -0.1) is 0 Å². The number of aryl methyl sites for hydroxylation is 1. The summed E-state index contributed by atoms with van der Waals surface area (Å²) in [7, 11) is 1.56. The minimum Gasteiger partial charge on any atom is -0.493 e. The van der Waals surface area contributed by atoms with E-state index in [9.17, 15) is 4.79 Å². The van der Waals surface area contributed by atoms with E-state index in [2.05, 4.69) is 10.1 Å². The average molecular weight is 483 g/mol. The van der Waals surface area contributed by atoms with Crippen molar-refractivity contribution in [1.82, 2.24) is 5.01 Å². The minimum absolute atomic E-state index is 0.0158. The molecule has 0 fully saturated rings. The number of hydrogen-bond acceptors (Lipinski definition) is 6. The molecule has 0 aromatic heterocycles. The summed E-state index contributed by atoms with van der Waals surface area (Å²) >= 11 is 1.28. The summed E-state index contributed by atoms with van der Waals surface area (Å²) in [6.07, 6.45) is 1.62. The number of benzene rings is 3. The second-order valence-electron chi connectivity index (χ2n) is 7.98. The monoisotopic (exact) mass is 482 g/mol. The lowest BCUT2D eigenvalue weighted by Crippen LogP contribution is -2.35. The van der Waals surface area contributed by atoms with Crippen LogP contribution in [0.3, 0.4) is 0 Å². The number of rotatable bonds is 6. The molecule has 2 aliphatic heterocycles. The first-order chi connectivity index (χ1) is 17.0. The van der Waals surface area contributed by atoms with Crippen molar-refractivity contribution in [1.29, 1.82) is 5.41 Å². The molecule has 8 heteroatoms. The maximum absolute atomic E-state index is 12.8. The molecule has 0 bridgehead atoms. The number of amides is 1. The average Bonchev–Trinajstić information content (AvgIpc) is 3.30. The molecule has 35 heavy (non-hydrogen) atoms. The lowest BCUT2D eigenvalue weighted by atomic mass is 10.1. The Morgan fingerprint density at radius 1 is 1.03 bits per heavy atom. The Morgan fingerprint density at radius 2 is 1.80 bits per heavy atom. The topological polar surface area (TPSA) is 87.3 Å². The van der Waals surface area contributed by atoms with E-state index in [-0.39, 0.29) is 11.4 Å². The van der Waals surface area contributed by atoms with Gasteiger partial charge >= 0.3 is 0 Å². The van der Waals surface area contributed by atoms with E-state index in [1.54, 1.807) is 25.3 Å². The Morgan fingerprint density at radius 3 is 2.54 bits per heavy atom. The van der Waals surface area contributed by atoms with Gasteiger partial charge in [0.1, 0.15) is 11.7 Å². The molecule has 3 aromatic carbocycles. The van der Waals surface area contributed by atoms with Gasteiger partial charge in [-0.05, 0) is 48.0 Å². The van der Waals surface area contributed by atoms with Crippen molar-refractivity contribution >= 4 is 39.8 Å². The molecule has 2 heterocycles. The number of aliphatic imine (C=N–C) groups is 1. The van der Waals surface area contributed by atoms with Crippen LogP contribution in [0, 0.1) is 12.3 Å². The molecular weight excluding hydrogens is 460 g/mol. The predicted octanol–water partition coefficient (Wildman–Crippen LogP) is 5.25. The van der Waals surface area contributed by atoms with Gasteiger partial charge in [0.25, 0.3) is 5.91 Å². The van der Waals surface area contributed by atoms with Crippen molar-refractivity contribution in [3.63, 3.8) is 0 Å². The third-order valence-electron chi connectivity index (χ3n) is 5.49. The van der Waals surface area contributed by atoms with Crippen LogP contribution in [-0.4, -0.2) is 34.1 Å². The maximum Gasteiger partial charge on any atom is 0.283 e. The molecule has 0 radical (unpaired) electrons. The second kappa shape index (κ2) is 9.60. The van der Waals surface area contributed by atoms with E-state index in [0.717, 1.165) is 16.7 Å². The summed E-state index contributed by atoms with van der Waals surface area (Å²) in [6, 6.07) is 23.2. The Bertz CT molecular complexity index is 1400. The van der Waals surface area contributed by atoms with Crippen molar-refractivity contribution < 1.29 is 14.3 Å². The zero-order valence-electron chi connectivity index (χ0n) is 19.2. The largest absolute Gasteiger partial charge is 0.493 e. The van der Waals surface area contributed by atoms with Crippen LogP contribution in [0.5, 0.6) is 11.5 Å². The zero-order chi connectivity index (χ0) is 24.4. The highest BCUT2D eigenvalue weighted by Crippen LogP contribution is 2.33. The lowest BCUT2D eigenvalue weighted by Gasteiger charge is -2.20. The summed E-state index contributed by atoms with van der Waals surface area (Å²) in [5.41, 5.74) is 3.95. The quantitative estimate of drug-likeness (QED) is 0.485. The SMILES string of the molecule is COc1cc(/C=C2\C(=N)N3N=C(c4ccc(C)cc4)SC3=NC2=O)ccc1OCc1ccccc1. The number of hydrazone groups is 1. The van der Waals surface area contributed by atoms with Crippen LogP contribution in [-0.2, 0) is 11.4 Å². The van der Waals surface area contributed by atoms with Crippen LogP contribution in [0.15, 0.2) is 88.5 Å². The molecule has 5 rings (SSSR count). The molecule has 3 aromatic rings. The van der Waals surface area contributed by atoms with E-state index < -0.39 is 5.91 Å². The lowest BCUT2D eigenvalue weighted by molar-refractivity contribution is -0.114. The highest BCUT2D eigenvalue weighted by Gasteiger charge is 2.36. The predicted molar refractivity (Wildman–Crippen MR) is 139 cm³/mol. The number of hydrogen-bond donors (Lipinski definition) is 1. The molecule has 2 aliphatic rings. The van der Waals surface area contributed by atoms with Crippen molar-refractivity contribution in [2.24, 2.45) is 10.1 Å². The highest BCUT2D eigenvalue weighted by atomic mass is 32.2. The molecule has 1 N–H and O–H groups in total. The van der Waals surface area contributed by atoms with Crippen molar-refractivity contribution in [2.75, 3.05) is 7.11 Å². The summed E-state index contributed by atoms with van der Waals surface area (Å²) in [5, 5.41) is 15.6. The summed E-state index contributed by atoms with van der Waals surface area (Å²) < 4.78 is 11.4. The Balaban J connectivity index is 1.38. The van der Waals surface area contributed by atoms with Crippen LogP contribution in [0.4, 0.5) is 0 Å². The van der Waals surface area contributed by atoms with Gasteiger partial charge in [-0.25, -0.2) is 0 Å². The number of nitrogens with one attached hydrogen (secondary N) is 1. The minimum atomic E-state index is -0.475. The van der Waals surface area contributed by atoms with Gasteiger partial charge in [0.05, 0.1) is 12.7 Å². The molecule has 0 saturated heterocycles. The van der Waals surface area contributed by atoms with Crippen LogP contribution in [0.2, 0.25) is 0 Å². The fourth-order valence-electron chi connectivity index (χ4n) is 3.60. The number of nitrogens with zero attached hydrogens (tertiary/aromatic N) is 3. The van der Waals surface area contributed by atoms with Gasteiger partial charge < -0.3 is 9.47 Å². The first-order valence-electron chi connectivity index (χ1n) is 10.9. The van der Waals surface area contributed by atoms with Gasteiger partial charge in [0.15, 0.2) is 17.3 Å². The number of carbonyl (C=O) groups is 1. The van der Waals surface area contributed by atoms with Gasteiger partial charge in [-0.1, -0.05) is 66.2 Å². The molecule has 0 saturated carbocycles. The van der Waals surface area contributed by atoms with E-state index in [1.807, 2.05) is 67.6 Å². The summed E-state index contributed by atoms with van der Waals surface area (Å²) in [5.74, 6) is 0.633. The van der Waals surface area contributed by atoms with E-state index in [4.69, 9.17) is 14.9 Å². The van der Waals surface area contributed by atoms with Crippen LogP contribution in [0.25, 0.3) is 6.08 Å². The van der Waals surface area contributed by atoms with Gasteiger partial charge in [0.2, 0.25) is 5.17 Å². The second-order valence-corrected chi connectivity index (χ2v) is 8.93. The Kier molecular flexibility index (Phi) is 6.20. The molecule has 0 unspecified atom stereocenters. The fourth-order valence-corrected chi connectivity index (χ4v) is 4.50. The molecule has 0 atom stereocenters. The number of amidine groups is 2. The third-order valence-corrected chi connectivity index (χ3v) is 6.45. The van der Waals surface area contributed by atoms with Crippen LogP contribution < -0.4 is 9.47 Å². The summed E-state index contributed by atoms with van der Waals surface area (Å²) in [6.45, 7) is 2.43. The maximum atomic E-state index is 12.8. The molecule has 0 aliphatic carbocycles. The van der Waals surface area contributed by atoms with E-state index in [0.29, 0.717) is 33.9 Å². The van der Waals surface area contributed by atoms with Gasteiger partial charge in [-0.2, -0.15) is 15.1 Å². The number of carbonyl (C=O) groups excluding carboxylic acids is 1. The molecule has 1 amide bonds. The van der Waals surface area contributed by atoms with Crippen LogP contribution in [0.1, 0.15) is 22.3 Å². The molecule has 0 spiro atoms. The summed E-state index contributed by atoms with van der Waals surface area (Å²) in [4.78, 5) is 17.0. The molecule has 174 valence electrons. The number of fused-ring (bicyclic) bond motifs is 1.